The van der Waals surface area contributed by atoms with Gasteiger partial charge in [0.2, 0.25) is 0 Å². The second-order valence-corrected chi connectivity index (χ2v) is 2.98. The normalized spacial score (nSPS) is 9.62. The van der Waals surface area contributed by atoms with Gasteiger partial charge in [-0.15, -0.1) is 0 Å². The molecule has 1 aromatic heterocycles. The van der Waals surface area contributed by atoms with Crippen LogP contribution in [0, 0.1) is 4.51 Å². The molecule has 0 radical (unpaired) electrons. The lowest BCUT2D eigenvalue weighted by Gasteiger charge is -2.04. The van der Waals surface area contributed by atoms with E-state index in [9.17, 15) is 4.79 Å². The van der Waals surface area contributed by atoms with Crippen molar-refractivity contribution in [2.24, 2.45) is 0 Å². The summed E-state index contributed by atoms with van der Waals surface area (Å²) in [5.74, 6) is -0.232. The molecule has 4 heteroatoms. The molecule has 0 spiro atoms. The maximum atomic E-state index is 11.0. The lowest BCUT2D eigenvalue weighted by atomic mass is 10.5. The number of ether oxygens (including phenoxy) is 1. The lowest BCUT2D eigenvalue weighted by Crippen LogP contribution is -2.12. The van der Waals surface area contributed by atoms with Crippen LogP contribution in [0.2, 0.25) is 0 Å². The summed E-state index contributed by atoms with van der Waals surface area (Å²) in [7, 11) is 0. The van der Waals surface area contributed by atoms with Crippen LogP contribution in [0.4, 0.5) is 0 Å². The van der Waals surface area contributed by atoms with E-state index in [1.54, 1.807) is 36.0 Å². The average molecular weight is 197 g/mol. The van der Waals surface area contributed by atoms with Gasteiger partial charge in [-0.25, -0.2) is 0 Å². The fraction of sp³-hybridized carbons (Fsp3) is 0.333. The Hall–Kier alpha value is -1.16. The molecule has 1 aromatic rings. The second-order valence-electron chi connectivity index (χ2n) is 2.51. The minimum absolute atomic E-state index is 0.232. The van der Waals surface area contributed by atoms with Crippen molar-refractivity contribution in [1.29, 1.82) is 0 Å². The maximum absolute atomic E-state index is 11.0. The van der Waals surface area contributed by atoms with Crippen molar-refractivity contribution in [2.45, 2.75) is 13.5 Å². The fourth-order valence-electron chi connectivity index (χ4n) is 0.905. The molecule has 1 rings (SSSR count). The van der Waals surface area contributed by atoms with E-state index >= 15 is 0 Å². The van der Waals surface area contributed by atoms with E-state index in [1.807, 2.05) is 0 Å². The minimum Gasteiger partial charge on any atom is -0.465 e. The van der Waals surface area contributed by atoms with E-state index in [0.717, 1.165) is 4.51 Å². The van der Waals surface area contributed by atoms with Gasteiger partial charge in [-0.1, -0.05) is 12.2 Å². The standard InChI is InChI=1S/C9H11NO2S/c1-2-12-9(11)7-10-5-3-8(13)4-6-10/h3-6H,2,7H2,1H3. The van der Waals surface area contributed by atoms with Crippen LogP contribution in [-0.2, 0) is 16.1 Å². The summed E-state index contributed by atoms with van der Waals surface area (Å²) >= 11 is 4.91. The molecule has 3 nitrogen and oxygen atoms in total. The Labute approximate surface area is 82.0 Å². The molecule has 0 atom stereocenters. The summed E-state index contributed by atoms with van der Waals surface area (Å²) < 4.78 is 7.28. The molecule has 0 saturated carbocycles. The summed E-state index contributed by atoms with van der Waals surface area (Å²) in [6.07, 6.45) is 3.53. The summed E-state index contributed by atoms with van der Waals surface area (Å²) in [5, 5.41) is 0. The van der Waals surface area contributed by atoms with E-state index in [2.05, 4.69) is 0 Å². The van der Waals surface area contributed by atoms with E-state index in [-0.39, 0.29) is 12.5 Å². The first kappa shape index (κ1) is 9.92. The molecular formula is C9H11NO2S. The minimum atomic E-state index is -0.232. The number of hydrogen-bond acceptors (Lipinski definition) is 3. The number of nitrogens with zero attached hydrogens (tertiary/aromatic N) is 1. The van der Waals surface area contributed by atoms with Crippen LogP contribution in [0.1, 0.15) is 6.92 Å². The molecule has 0 aliphatic rings. The number of rotatable bonds is 3. The van der Waals surface area contributed by atoms with Crippen molar-refractivity contribution in [3.63, 3.8) is 0 Å². The number of pyridine rings is 1. The predicted octanol–water partition coefficient (Wildman–Crippen LogP) is 1.78. The van der Waals surface area contributed by atoms with Crippen LogP contribution in [0.25, 0.3) is 0 Å². The topological polar surface area (TPSA) is 31.2 Å². The molecule has 0 aliphatic carbocycles. The zero-order chi connectivity index (χ0) is 9.68. The summed E-state index contributed by atoms with van der Waals surface area (Å²) in [4.78, 5) is 11.0. The van der Waals surface area contributed by atoms with Crippen molar-refractivity contribution >= 4 is 18.2 Å². The van der Waals surface area contributed by atoms with Crippen LogP contribution in [0.3, 0.4) is 0 Å². The molecule has 13 heavy (non-hydrogen) atoms. The monoisotopic (exact) mass is 197 g/mol. The van der Waals surface area contributed by atoms with Gasteiger partial charge in [-0.3, -0.25) is 4.79 Å². The smallest absolute Gasteiger partial charge is 0.325 e. The van der Waals surface area contributed by atoms with E-state index in [4.69, 9.17) is 17.0 Å². The Morgan fingerprint density at radius 1 is 1.54 bits per heavy atom. The Morgan fingerprint density at radius 2 is 2.15 bits per heavy atom. The van der Waals surface area contributed by atoms with E-state index < -0.39 is 0 Å². The molecule has 1 heterocycles. The number of aromatic nitrogens is 1. The maximum Gasteiger partial charge on any atom is 0.325 e. The van der Waals surface area contributed by atoms with Gasteiger partial charge in [-0.05, 0) is 19.1 Å². The third-order valence-corrected chi connectivity index (χ3v) is 1.75. The second kappa shape index (κ2) is 4.77. The molecule has 0 N–H and O–H groups in total. The molecule has 0 bridgehead atoms. The Bertz CT molecular complexity index is 325. The lowest BCUT2D eigenvalue weighted by molar-refractivity contribution is -0.143. The van der Waals surface area contributed by atoms with Crippen LogP contribution in [0.5, 0.6) is 0 Å². The van der Waals surface area contributed by atoms with Gasteiger partial charge >= 0.3 is 5.97 Å². The highest BCUT2D eigenvalue weighted by atomic mass is 32.1. The predicted molar refractivity (Wildman–Crippen MR) is 51.9 cm³/mol. The average Bonchev–Trinajstić information content (AvgIpc) is 2.09. The van der Waals surface area contributed by atoms with Crippen LogP contribution in [-0.4, -0.2) is 17.1 Å². The molecule has 0 aromatic carbocycles. The number of hydrogen-bond donors (Lipinski definition) is 0. The van der Waals surface area contributed by atoms with Gasteiger partial charge in [0.25, 0.3) is 0 Å². The molecule has 0 unspecified atom stereocenters. The van der Waals surface area contributed by atoms with Crippen LogP contribution >= 0.6 is 12.2 Å². The van der Waals surface area contributed by atoms with Gasteiger partial charge in [0, 0.05) is 16.9 Å². The molecule has 0 fully saturated rings. The highest BCUT2D eigenvalue weighted by Crippen LogP contribution is 1.93. The Morgan fingerprint density at radius 3 is 2.69 bits per heavy atom. The zero-order valence-electron chi connectivity index (χ0n) is 7.40. The molecular weight excluding hydrogens is 186 g/mol. The van der Waals surface area contributed by atoms with Crippen molar-refractivity contribution in [2.75, 3.05) is 6.61 Å². The third kappa shape index (κ3) is 3.38. The highest BCUT2D eigenvalue weighted by molar-refractivity contribution is 7.71. The van der Waals surface area contributed by atoms with Gasteiger partial charge in [0.1, 0.15) is 6.54 Å². The SMILES string of the molecule is CCOC(=O)Cn1ccc(=S)cc1. The van der Waals surface area contributed by atoms with Crippen LogP contribution in [0.15, 0.2) is 24.5 Å². The largest absolute Gasteiger partial charge is 0.465 e. The van der Waals surface area contributed by atoms with Crippen molar-refractivity contribution in [1.82, 2.24) is 4.57 Å². The number of carbonyl (C=O) groups is 1. The van der Waals surface area contributed by atoms with Gasteiger partial charge in [-0.2, -0.15) is 0 Å². The van der Waals surface area contributed by atoms with Gasteiger partial charge in [0.15, 0.2) is 0 Å². The third-order valence-electron chi connectivity index (χ3n) is 1.48. The fourth-order valence-corrected chi connectivity index (χ4v) is 1.03. The number of carbonyl (C=O) groups excluding carboxylic acids is 1. The Kier molecular flexibility index (Phi) is 3.64. The molecule has 0 aliphatic heterocycles. The highest BCUT2D eigenvalue weighted by Gasteiger charge is 1.99. The summed E-state index contributed by atoms with van der Waals surface area (Å²) in [6.45, 7) is 2.44. The van der Waals surface area contributed by atoms with Crippen molar-refractivity contribution in [3.8, 4) is 0 Å². The molecule has 70 valence electrons. The first-order valence-electron chi connectivity index (χ1n) is 4.04. The van der Waals surface area contributed by atoms with Gasteiger partial charge < -0.3 is 9.30 Å². The quantitative estimate of drug-likeness (QED) is 0.546. The van der Waals surface area contributed by atoms with Crippen molar-refractivity contribution in [3.05, 3.63) is 29.0 Å². The van der Waals surface area contributed by atoms with Crippen molar-refractivity contribution < 1.29 is 9.53 Å². The molecule has 0 amide bonds. The summed E-state index contributed by atoms with van der Waals surface area (Å²) in [6, 6.07) is 3.54. The van der Waals surface area contributed by atoms with E-state index in [0.29, 0.717) is 6.61 Å². The zero-order valence-corrected chi connectivity index (χ0v) is 8.21. The first-order chi connectivity index (χ1) is 6.22. The van der Waals surface area contributed by atoms with E-state index in [1.165, 1.54) is 0 Å². The number of esters is 1. The van der Waals surface area contributed by atoms with Crippen LogP contribution < -0.4 is 0 Å². The first-order valence-corrected chi connectivity index (χ1v) is 4.45. The molecule has 0 saturated heterocycles. The summed E-state index contributed by atoms with van der Waals surface area (Å²) in [5.41, 5.74) is 0. The Balaban J connectivity index is 2.59. The van der Waals surface area contributed by atoms with Gasteiger partial charge in [0.05, 0.1) is 6.61 Å².